The van der Waals surface area contributed by atoms with E-state index >= 15 is 0 Å². The molecular weight excluding hydrogens is 352 g/mol. The molecule has 0 spiro atoms. The number of aromatic nitrogens is 3. The Kier molecular flexibility index (Phi) is 4.51. The maximum absolute atomic E-state index is 11.8. The van der Waals surface area contributed by atoms with Crippen molar-refractivity contribution < 1.29 is 9.53 Å². The number of nitrogens with zero attached hydrogens (tertiary/aromatic N) is 4. The van der Waals surface area contributed by atoms with E-state index in [1.807, 2.05) is 29.0 Å². The number of fused-ring (bicyclic) bond motifs is 1. The predicted molar refractivity (Wildman–Crippen MR) is 101 cm³/mol. The van der Waals surface area contributed by atoms with Crippen LogP contribution in [0.25, 0.3) is 16.6 Å². The van der Waals surface area contributed by atoms with Crippen molar-refractivity contribution in [3.05, 3.63) is 48.0 Å². The lowest BCUT2D eigenvalue weighted by Crippen LogP contribution is -2.37. The molecule has 4 rings (SSSR count). The summed E-state index contributed by atoms with van der Waals surface area (Å²) in [5, 5.41) is 1.67. The number of benzene rings is 1. The minimum absolute atomic E-state index is 0.0285. The zero-order valence-electron chi connectivity index (χ0n) is 14.4. The predicted octanol–water partition coefficient (Wildman–Crippen LogP) is 3.46. The van der Waals surface area contributed by atoms with E-state index < -0.39 is 0 Å². The lowest BCUT2D eigenvalue weighted by Gasteiger charge is -2.32. The van der Waals surface area contributed by atoms with Crippen molar-refractivity contribution in [1.82, 2.24) is 14.5 Å². The van der Waals surface area contributed by atoms with Gasteiger partial charge < -0.3 is 14.2 Å². The Morgan fingerprint density at radius 3 is 2.77 bits per heavy atom. The summed E-state index contributed by atoms with van der Waals surface area (Å²) in [5.41, 5.74) is 1.85. The van der Waals surface area contributed by atoms with Crippen LogP contribution in [0.15, 0.2) is 43.0 Å². The smallest absolute Gasteiger partial charge is 0.308 e. The molecular formula is C19H19ClN4O2. The van der Waals surface area contributed by atoms with Crippen molar-refractivity contribution in [1.29, 1.82) is 0 Å². The number of rotatable bonds is 3. The highest BCUT2D eigenvalue weighted by Crippen LogP contribution is 2.30. The van der Waals surface area contributed by atoms with E-state index in [1.54, 1.807) is 12.5 Å². The number of halogens is 1. The molecule has 1 fully saturated rings. The van der Waals surface area contributed by atoms with Gasteiger partial charge in [-0.25, -0.2) is 9.97 Å². The summed E-state index contributed by atoms with van der Waals surface area (Å²) in [4.78, 5) is 22.9. The van der Waals surface area contributed by atoms with Gasteiger partial charge in [-0.2, -0.15) is 0 Å². The second kappa shape index (κ2) is 6.96. The molecule has 3 heterocycles. The zero-order valence-corrected chi connectivity index (χ0v) is 15.2. The van der Waals surface area contributed by atoms with Gasteiger partial charge >= 0.3 is 5.97 Å². The van der Waals surface area contributed by atoms with Gasteiger partial charge in [0.1, 0.15) is 5.82 Å². The summed E-state index contributed by atoms with van der Waals surface area (Å²) in [6.45, 7) is 1.53. The van der Waals surface area contributed by atoms with Crippen molar-refractivity contribution >= 4 is 34.3 Å². The first-order valence-corrected chi connectivity index (χ1v) is 8.95. The van der Waals surface area contributed by atoms with Gasteiger partial charge in [-0.15, -0.1) is 0 Å². The Balaban J connectivity index is 1.71. The molecule has 0 N–H and O–H groups in total. The Morgan fingerprint density at radius 2 is 2.08 bits per heavy atom. The summed E-state index contributed by atoms with van der Waals surface area (Å²) >= 11 is 6.18. The molecule has 1 aromatic carbocycles. The van der Waals surface area contributed by atoms with E-state index in [4.69, 9.17) is 21.3 Å². The number of carbonyl (C=O) groups excluding carboxylic acids is 1. The lowest BCUT2D eigenvalue weighted by molar-refractivity contribution is -0.146. The number of ether oxygens (including phenoxy) is 1. The second-order valence-corrected chi connectivity index (χ2v) is 6.85. The fourth-order valence-electron chi connectivity index (χ4n) is 3.46. The number of imidazole rings is 1. The van der Waals surface area contributed by atoms with Crippen molar-refractivity contribution in [3.8, 4) is 5.69 Å². The molecule has 0 unspecified atom stereocenters. The monoisotopic (exact) mass is 370 g/mol. The fraction of sp³-hybridized carbons (Fsp3) is 0.316. The fourth-order valence-corrected chi connectivity index (χ4v) is 3.62. The van der Waals surface area contributed by atoms with Gasteiger partial charge in [0.25, 0.3) is 0 Å². The quantitative estimate of drug-likeness (QED) is 0.661. The number of carbonyl (C=O) groups is 1. The average molecular weight is 371 g/mol. The molecule has 0 atom stereocenters. The van der Waals surface area contributed by atoms with Gasteiger partial charge in [0.15, 0.2) is 0 Å². The summed E-state index contributed by atoms with van der Waals surface area (Å²) in [7, 11) is 1.45. The molecule has 1 saturated heterocycles. The van der Waals surface area contributed by atoms with E-state index in [0.717, 1.165) is 48.3 Å². The van der Waals surface area contributed by atoms with Crippen LogP contribution in [0.4, 0.5) is 5.82 Å². The summed E-state index contributed by atoms with van der Waals surface area (Å²) in [6.07, 6.45) is 6.97. The molecule has 134 valence electrons. The Bertz CT molecular complexity index is 934. The van der Waals surface area contributed by atoms with Crippen LogP contribution in [-0.2, 0) is 9.53 Å². The minimum atomic E-state index is -0.123. The van der Waals surface area contributed by atoms with Crippen molar-refractivity contribution in [2.45, 2.75) is 12.8 Å². The average Bonchev–Trinajstić information content (AvgIpc) is 3.21. The lowest BCUT2D eigenvalue weighted by atomic mass is 9.97. The number of pyridine rings is 1. The highest BCUT2D eigenvalue weighted by atomic mass is 35.5. The van der Waals surface area contributed by atoms with Crippen LogP contribution in [0, 0.1) is 5.92 Å². The van der Waals surface area contributed by atoms with E-state index in [0.29, 0.717) is 5.02 Å². The van der Waals surface area contributed by atoms with Crippen molar-refractivity contribution in [3.63, 3.8) is 0 Å². The van der Waals surface area contributed by atoms with E-state index in [-0.39, 0.29) is 11.9 Å². The van der Waals surface area contributed by atoms with Gasteiger partial charge in [0.2, 0.25) is 0 Å². The molecule has 3 aromatic rings. The SMILES string of the molecule is COC(=O)C1CCN(c2cc(-n3ccnc3)c3ccc(Cl)cc3n2)CC1. The van der Waals surface area contributed by atoms with Crippen molar-refractivity contribution in [2.75, 3.05) is 25.1 Å². The summed E-state index contributed by atoms with van der Waals surface area (Å²) in [5.74, 6) is 0.730. The first-order valence-electron chi connectivity index (χ1n) is 8.57. The maximum atomic E-state index is 11.8. The molecule has 7 heteroatoms. The normalized spacial score (nSPS) is 15.4. The first-order chi connectivity index (χ1) is 12.7. The zero-order chi connectivity index (χ0) is 18.1. The molecule has 0 bridgehead atoms. The third-order valence-electron chi connectivity index (χ3n) is 4.87. The minimum Gasteiger partial charge on any atom is -0.469 e. The van der Waals surface area contributed by atoms with Crippen LogP contribution in [0.5, 0.6) is 0 Å². The highest BCUT2D eigenvalue weighted by molar-refractivity contribution is 6.31. The van der Waals surface area contributed by atoms with E-state index in [9.17, 15) is 4.79 Å². The Labute approximate surface area is 156 Å². The molecule has 0 amide bonds. The standard InChI is InChI=1S/C19H19ClN4O2/c1-26-19(25)13-4-7-23(8-5-13)18-11-17(24-9-6-21-12-24)15-3-2-14(20)10-16(15)22-18/h2-3,6,9-13H,4-5,7-8H2,1H3. The van der Waals surface area contributed by atoms with E-state index in [2.05, 4.69) is 16.0 Å². The van der Waals surface area contributed by atoms with Gasteiger partial charge in [0.05, 0.1) is 30.6 Å². The number of hydrogen-bond acceptors (Lipinski definition) is 5. The van der Waals surface area contributed by atoms with Gasteiger partial charge in [-0.1, -0.05) is 11.6 Å². The number of esters is 1. The van der Waals surface area contributed by atoms with Crippen LogP contribution in [0.1, 0.15) is 12.8 Å². The largest absolute Gasteiger partial charge is 0.469 e. The second-order valence-electron chi connectivity index (χ2n) is 6.42. The molecule has 6 nitrogen and oxygen atoms in total. The number of anilines is 1. The van der Waals surface area contributed by atoms with E-state index in [1.165, 1.54) is 7.11 Å². The van der Waals surface area contributed by atoms with Crippen LogP contribution in [0.3, 0.4) is 0 Å². The molecule has 1 aliphatic heterocycles. The Morgan fingerprint density at radius 1 is 1.27 bits per heavy atom. The van der Waals surface area contributed by atoms with Crippen molar-refractivity contribution in [2.24, 2.45) is 5.92 Å². The van der Waals surface area contributed by atoms with Gasteiger partial charge in [0, 0.05) is 42.0 Å². The first kappa shape index (κ1) is 16.8. The topological polar surface area (TPSA) is 60.2 Å². The summed E-state index contributed by atoms with van der Waals surface area (Å²) in [6, 6.07) is 7.79. The van der Waals surface area contributed by atoms with Gasteiger partial charge in [-0.3, -0.25) is 4.79 Å². The number of piperidine rings is 1. The van der Waals surface area contributed by atoms with Crippen LogP contribution in [0.2, 0.25) is 5.02 Å². The molecule has 0 radical (unpaired) electrons. The highest BCUT2D eigenvalue weighted by Gasteiger charge is 2.26. The third-order valence-corrected chi connectivity index (χ3v) is 5.11. The number of hydrogen-bond donors (Lipinski definition) is 0. The third kappa shape index (κ3) is 3.12. The van der Waals surface area contributed by atoms with Crippen LogP contribution < -0.4 is 4.90 Å². The summed E-state index contributed by atoms with van der Waals surface area (Å²) < 4.78 is 6.85. The maximum Gasteiger partial charge on any atom is 0.308 e. The molecule has 0 saturated carbocycles. The molecule has 26 heavy (non-hydrogen) atoms. The number of methoxy groups -OCH3 is 1. The Hall–Kier alpha value is -2.60. The molecule has 2 aromatic heterocycles. The van der Waals surface area contributed by atoms with Crippen LogP contribution in [-0.4, -0.2) is 40.7 Å². The molecule has 1 aliphatic rings. The molecule has 0 aliphatic carbocycles. The van der Waals surface area contributed by atoms with Crippen LogP contribution >= 0.6 is 11.6 Å². The van der Waals surface area contributed by atoms with Gasteiger partial charge in [-0.05, 0) is 31.0 Å².